The van der Waals surface area contributed by atoms with Gasteiger partial charge in [-0.05, 0) is 30.3 Å². The largest absolute Gasteiger partial charge is 0.416 e. The smallest absolute Gasteiger partial charge is 0.382 e. The highest BCUT2D eigenvalue weighted by atomic mass is 19.4. The van der Waals surface area contributed by atoms with E-state index in [1.807, 2.05) is 0 Å². The lowest BCUT2D eigenvalue weighted by Gasteiger charge is -2.12. The molecule has 0 aliphatic carbocycles. The minimum Gasteiger partial charge on any atom is -0.382 e. The summed E-state index contributed by atoms with van der Waals surface area (Å²) in [4.78, 5) is 11.8. The van der Waals surface area contributed by atoms with Crippen LogP contribution in [0.25, 0.3) is 0 Å². The van der Waals surface area contributed by atoms with E-state index in [0.29, 0.717) is 5.69 Å². The molecular formula is C18H16F4N4O. The van der Waals surface area contributed by atoms with Crippen molar-refractivity contribution in [2.75, 3.05) is 30.3 Å². The number of amides is 1. The average molecular weight is 380 g/mol. The first-order chi connectivity index (χ1) is 12.8. The van der Waals surface area contributed by atoms with E-state index in [9.17, 15) is 22.4 Å². The molecule has 0 fully saturated rings. The Bertz CT molecular complexity index is 846. The summed E-state index contributed by atoms with van der Waals surface area (Å²) in [6, 6.07) is 10.5. The summed E-state index contributed by atoms with van der Waals surface area (Å²) in [5.74, 6) is -1.06. The highest BCUT2D eigenvalue weighted by molar-refractivity contribution is 5.80. The molecule has 3 N–H and O–H groups in total. The molecule has 0 aliphatic rings. The lowest BCUT2D eigenvalue weighted by atomic mass is 10.2. The van der Waals surface area contributed by atoms with E-state index in [4.69, 9.17) is 5.26 Å². The third-order valence-corrected chi connectivity index (χ3v) is 3.53. The topological polar surface area (TPSA) is 77.0 Å². The number of hydrogen-bond acceptors (Lipinski definition) is 4. The molecule has 0 heterocycles. The predicted molar refractivity (Wildman–Crippen MR) is 92.5 cm³/mol. The molecule has 2 rings (SSSR count). The van der Waals surface area contributed by atoms with Gasteiger partial charge in [0.1, 0.15) is 17.4 Å². The maximum atomic E-state index is 13.4. The van der Waals surface area contributed by atoms with Gasteiger partial charge in [-0.25, -0.2) is 4.39 Å². The fourth-order valence-corrected chi connectivity index (χ4v) is 2.23. The molecule has 0 aliphatic heterocycles. The molecule has 5 nitrogen and oxygen atoms in total. The monoisotopic (exact) mass is 380 g/mol. The molecule has 0 saturated carbocycles. The molecular weight excluding hydrogens is 364 g/mol. The van der Waals surface area contributed by atoms with Crippen LogP contribution in [0.1, 0.15) is 11.1 Å². The van der Waals surface area contributed by atoms with Crippen LogP contribution >= 0.6 is 0 Å². The van der Waals surface area contributed by atoms with Crippen LogP contribution in [0.4, 0.5) is 28.9 Å². The summed E-state index contributed by atoms with van der Waals surface area (Å²) in [5.41, 5.74) is -0.430. The van der Waals surface area contributed by atoms with Crippen LogP contribution in [0.2, 0.25) is 0 Å². The van der Waals surface area contributed by atoms with Crippen molar-refractivity contribution >= 4 is 17.3 Å². The van der Waals surface area contributed by atoms with Crippen LogP contribution in [0.3, 0.4) is 0 Å². The molecule has 2 aromatic rings. The summed E-state index contributed by atoms with van der Waals surface area (Å²) in [7, 11) is 0. The third kappa shape index (κ3) is 5.88. The molecule has 0 atom stereocenters. The number of hydrogen-bond donors (Lipinski definition) is 3. The number of nitrogens with one attached hydrogen (secondary N) is 3. The number of halogens is 4. The minimum atomic E-state index is -4.45. The fraction of sp³-hybridized carbons (Fsp3) is 0.222. The molecule has 142 valence electrons. The van der Waals surface area contributed by atoms with Crippen molar-refractivity contribution in [3.05, 3.63) is 59.4 Å². The molecule has 2 aromatic carbocycles. The molecule has 0 aromatic heterocycles. The van der Waals surface area contributed by atoms with Gasteiger partial charge in [0, 0.05) is 18.8 Å². The van der Waals surface area contributed by atoms with Gasteiger partial charge in [-0.1, -0.05) is 12.1 Å². The van der Waals surface area contributed by atoms with Crippen LogP contribution in [0.15, 0.2) is 42.5 Å². The molecule has 0 unspecified atom stereocenters. The quantitative estimate of drug-likeness (QED) is 0.509. The third-order valence-electron chi connectivity index (χ3n) is 3.53. The molecule has 1 amide bonds. The van der Waals surface area contributed by atoms with Gasteiger partial charge >= 0.3 is 6.18 Å². The van der Waals surface area contributed by atoms with Gasteiger partial charge in [0.15, 0.2) is 0 Å². The predicted octanol–water partition coefficient (Wildman–Crippen LogP) is 3.36. The SMILES string of the molecule is N#Cc1c(F)cccc1NCCNC(=O)CNc1cccc(C(F)(F)F)c1. The van der Waals surface area contributed by atoms with Gasteiger partial charge in [0.25, 0.3) is 0 Å². The second kappa shape index (κ2) is 8.89. The molecule has 0 radical (unpaired) electrons. The van der Waals surface area contributed by atoms with E-state index >= 15 is 0 Å². The van der Waals surface area contributed by atoms with Crippen molar-refractivity contribution in [1.82, 2.24) is 5.32 Å². The Morgan fingerprint density at radius 2 is 1.81 bits per heavy atom. The summed E-state index contributed by atoms with van der Waals surface area (Å²) < 4.78 is 51.3. The van der Waals surface area contributed by atoms with Crippen molar-refractivity contribution in [3.8, 4) is 6.07 Å². The lowest BCUT2D eigenvalue weighted by molar-refractivity contribution is -0.137. The Hall–Kier alpha value is -3.28. The van der Waals surface area contributed by atoms with Gasteiger partial charge in [-0.15, -0.1) is 0 Å². The molecule has 9 heteroatoms. The summed E-state index contributed by atoms with van der Waals surface area (Å²) in [6.45, 7) is 0.225. The van der Waals surface area contributed by atoms with Gasteiger partial charge in [0.2, 0.25) is 5.91 Å². The van der Waals surface area contributed by atoms with Crippen molar-refractivity contribution in [1.29, 1.82) is 5.26 Å². The summed E-state index contributed by atoms with van der Waals surface area (Å²) in [5, 5.41) is 16.9. The van der Waals surface area contributed by atoms with Crippen molar-refractivity contribution in [2.24, 2.45) is 0 Å². The zero-order chi connectivity index (χ0) is 19.9. The van der Waals surface area contributed by atoms with Crippen molar-refractivity contribution < 1.29 is 22.4 Å². The highest BCUT2D eigenvalue weighted by Gasteiger charge is 2.30. The molecule has 27 heavy (non-hydrogen) atoms. The normalized spacial score (nSPS) is 10.8. The summed E-state index contributed by atoms with van der Waals surface area (Å²) in [6.07, 6.45) is -4.45. The first-order valence-corrected chi connectivity index (χ1v) is 7.91. The van der Waals surface area contributed by atoms with Crippen LogP contribution < -0.4 is 16.0 Å². The minimum absolute atomic E-state index is 0.116. The Labute approximate surface area is 153 Å². The zero-order valence-corrected chi connectivity index (χ0v) is 14.0. The number of carbonyl (C=O) groups excluding carboxylic acids is 1. The number of benzene rings is 2. The number of nitriles is 1. The molecule has 0 bridgehead atoms. The standard InChI is InChI=1S/C18H16F4N4O/c19-15-5-2-6-16(14(15)10-23)24-7-8-25-17(27)11-26-13-4-1-3-12(9-13)18(20,21)22/h1-6,9,24,26H,7-8,11H2,(H,25,27). The van der Waals surface area contributed by atoms with Gasteiger partial charge < -0.3 is 16.0 Å². The molecule has 0 spiro atoms. The molecule has 0 saturated heterocycles. The van der Waals surface area contributed by atoms with Crippen LogP contribution in [0, 0.1) is 17.1 Å². The highest BCUT2D eigenvalue weighted by Crippen LogP contribution is 2.30. The lowest BCUT2D eigenvalue weighted by Crippen LogP contribution is -2.33. The van der Waals surface area contributed by atoms with Crippen LogP contribution in [0.5, 0.6) is 0 Å². The Kier molecular flexibility index (Phi) is 6.60. The average Bonchev–Trinajstić information content (AvgIpc) is 2.63. The van der Waals surface area contributed by atoms with Crippen molar-refractivity contribution in [3.63, 3.8) is 0 Å². The Morgan fingerprint density at radius 3 is 2.52 bits per heavy atom. The van der Waals surface area contributed by atoms with Gasteiger partial charge in [-0.3, -0.25) is 4.79 Å². The number of anilines is 2. The second-order valence-electron chi connectivity index (χ2n) is 5.48. The van der Waals surface area contributed by atoms with E-state index in [1.165, 1.54) is 24.3 Å². The van der Waals surface area contributed by atoms with Gasteiger partial charge in [-0.2, -0.15) is 18.4 Å². The van der Waals surface area contributed by atoms with Crippen LogP contribution in [-0.4, -0.2) is 25.5 Å². The van der Waals surface area contributed by atoms with E-state index in [0.717, 1.165) is 12.1 Å². The number of alkyl halides is 3. The zero-order valence-electron chi connectivity index (χ0n) is 14.0. The van der Waals surface area contributed by atoms with E-state index in [1.54, 1.807) is 12.1 Å². The Morgan fingerprint density at radius 1 is 1.07 bits per heavy atom. The summed E-state index contributed by atoms with van der Waals surface area (Å²) >= 11 is 0. The number of nitrogens with zero attached hydrogens (tertiary/aromatic N) is 1. The van der Waals surface area contributed by atoms with Crippen LogP contribution in [-0.2, 0) is 11.0 Å². The maximum Gasteiger partial charge on any atom is 0.416 e. The first-order valence-electron chi connectivity index (χ1n) is 7.91. The second-order valence-corrected chi connectivity index (χ2v) is 5.48. The van der Waals surface area contributed by atoms with E-state index in [2.05, 4.69) is 16.0 Å². The van der Waals surface area contributed by atoms with Crippen molar-refractivity contribution in [2.45, 2.75) is 6.18 Å². The maximum absolute atomic E-state index is 13.4. The Balaban J connectivity index is 1.76. The van der Waals surface area contributed by atoms with E-state index in [-0.39, 0.29) is 30.9 Å². The van der Waals surface area contributed by atoms with E-state index < -0.39 is 23.5 Å². The first kappa shape index (κ1) is 20.0. The number of carbonyl (C=O) groups is 1. The number of rotatable bonds is 7. The fourth-order valence-electron chi connectivity index (χ4n) is 2.23. The van der Waals surface area contributed by atoms with Gasteiger partial charge in [0.05, 0.1) is 17.8 Å².